The number of hydrogen-bond acceptors (Lipinski definition) is 6. The summed E-state index contributed by atoms with van der Waals surface area (Å²) in [5.74, 6) is 1.32. The number of hydrogen-bond donors (Lipinski definition) is 0. The fourth-order valence-electron chi connectivity index (χ4n) is 3.76. The average Bonchev–Trinajstić information content (AvgIpc) is 2.90. The molecular formula is C14H22N4O3S. The van der Waals surface area contributed by atoms with E-state index in [0.717, 1.165) is 38.0 Å². The zero-order valence-corrected chi connectivity index (χ0v) is 13.8. The van der Waals surface area contributed by atoms with Gasteiger partial charge in [-0.15, -0.1) is 0 Å². The highest BCUT2D eigenvalue weighted by atomic mass is 32.2. The van der Waals surface area contributed by atoms with Gasteiger partial charge in [-0.05, 0) is 25.7 Å². The predicted octanol–water partition coefficient (Wildman–Crippen LogP) is 0.880. The molecule has 0 N–H and O–H groups in total. The third-order valence-corrected chi connectivity index (χ3v) is 6.02. The molecule has 2 aliphatic rings. The van der Waals surface area contributed by atoms with Crippen LogP contribution < -0.4 is 9.64 Å². The van der Waals surface area contributed by atoms with Crippen LogP contribution in [0.4, 0.5) is 5.82 Å². The van der Waals surface area contributed by atoms with Crippen LogP contribution in [0.2, 0.25) is 0 Å². The van der Waals surface area contributed by atoms with E-state index in [-0.39, 0.29) is 5.54 Å². The minimum atomic E-state index is -3.18. The molecule has 1 aromatic heterocycles. The van der Waals surface area contributed by atoms with E-state index >= 15 is 0 Å². The van der Waals surface area contributed by atoms with E-state index in [1.54, 1.807) is 17.5 Å². The van der Waals surface area contributed by atoms with Gasteiger partial charge in [0.2, 0.25) is 15.9 Å². The molecule has 3 heterocycles. The van der Waals surface area contributed by atoms with E-state index in [2.05, 4.69) is 14.9 Å². The van der Waals surface area contributed by atoms with Crippen molar-refractivity contribution in [2.75, 3.05) is 37.9 Å². The van der Waals surface area contributed by atoms with Gasteiger partial charge in [0.05, 0.1) is 18.9 Å². The van der Waals surface area contributed by atoms with E-state index in [4.69, 9.17) is 4.74 Å². The quantitative estimate of drug-likeness (QED) is 0.821. The van der Waals surface area contributed by atoms with E-state index in [1.165, 1.54) is 12.6 Å². The van der Waals surface area contributed by atoms with E-state index in [9.17, 15) is 8.42 Å². The Bertz CT molecular complexity index is 651. The molecule has 2 saturated heterocycles. The number of nitrogens with zero attached hydrogens (tertiary/aromatic N) is 4. The molecule has 0 unspecified atom stereocenters. The zero-order chi connectivity index (χ0) is 15.8. The number of piperidine rings is 1. The Hall–Kier alpha value is -1.41. The third-order valence-electron chi connectivity index (χ3n) is 4.65. The van der Waals surface area contributed by atoms with Gasteiger partial charge in [0.15, 0.2) is 0 Å². The topological polar surface area (TPSA) is 75.6 Å². The van der Waals surface area contributed by atoms with Gasteiger partial charge >= 0.3 is 0 Å². The van der Waals surface area contributed by atoms with Crippen molar-refractivity contribution in [3.8, 4) is 5.88 Å². The monoisotopic (exact) mass is 326 g/mol. The number of sulfonamides is 1. The molecule has 1 atom stereocenters. The Morgan fingerprint density at radius 2 is 1.95 bits per heavy atom. The van der Waals surface area contributed by atoms with Gasteiger partial charge in [-0.3, -0.25) is 0 Å². The Kier molecular flexibility index (Phi) is 3.98. The van der Waals surface area contributed by atoms with Gasteiger partial charge < -0.3 is 9.64 Å². The van der Waals surface area contributed by atoms with Crippen LogP contribution in [0.1, 0.15) is 25.7 Å². The summed E-state index contributed by atoms with van der Waals surface area (Å²) in [6.07, 6.45) is 6.51. The summed E-state index contributed by atoms with van der Waals surface area (Å²) in [6, 6.07) is 1.80. The number of anilines is 1. The van der Waals surface area contributed by atoms with Crippen LogP contribution in [0.5, 0.6) is 5.88 Å². The Morgan fingerprint density at radius 3 is 2.64 bits per heavy atom. The van der Waals surface area contributed by atoms with Gasteiger partial charge in [-0.2, -0.15) is 4.31 Å². The molecule has 0 bridgehead atoms. The van der Waals surface area contributed by atoms with Gasteiger partial charge in [0, 0.05) is 25.7 Å². The Labute approximate surface area is 131 Å². The summed E-state index contributed by atoms with van der Waals surface area (Å²) in [5.41, 5.74) is -0.288. The molecule has 2 aliphatic heterocycles. The van der Waals surface area contributed by atoms with Crippen LogP contribution in [0.25, 0.3) is 0 Å². The maximum atomic E-state index is 12.1. The molecule has 122 valence electrons. The molecule has 1 spiro atoms. The molecule has 0 aliphatic carbocycles. The van der Waals surface area contributed by atoms with Gasteiger partial charge in [-0.1, -0.05) is 0 Å². The number of aromatic nitrogens is 2. The highest BCUT2D eigenvalue weighted by molar-refractivity contribution is 7.88. The molecule has 0 saturated carbocycles. The lowest BCUT2D eigenvalue weighted by Gasteiger charge is -2.45. The smallest absolute Gasteiger partial charge is 0.218 e. The fourth-order valence-corrected chi connectivity index (χ4v) is 5.17. The van der Waals surface area contributed by atoms with Crippen molar-refractivity contribution in [3.63, 3.8) is 0 Å². The first-order chi connectivity index (χ1) is 10.4. The highest BCUT2D eigenvalue weighted by Gasteiger charge is 2.48. The lowest BCUT2D eigenvalue weighted by molar-refractivity contribution is 0.203. The number of methoxy groups -OCH3 is 1. The lowest BCUT2D eigenvalue weighted by Crippen LogP contribution is -2.57. The SMILES string of the molecule is COc1cc(N2CCC[C@@]3(CCCN3S(C)(=O)=O)C2)ncn1. The zero-order valence-electron chi connectivity index (χ0n) is 13.0. The summed E-state index contributed by atoms with van der Waals surface area (Å²) < 4.78 is 31.1. The largest absolute Gasteiger partial charge is 0.481 e. The standard InChI is InChI=1S/C14H22N4O3S/c1-21-13-9-12(15-11-16-13)17-7-3-5-14(10-17)6-4-8-18(14)22(2,19)20/h9,11H,3-8,10H2,1-2H3/t14-/m1/s1. The van der Waals surface area contributed by atoms with Crippen molar-refractivity contribution in [1.82, 2.24) is 14.3 Å². The second-order valence-corrected chi connectivity index (χ2v) is 8.01. The van der Waals surface area contributed by atoms with Crippen LogP contribution in [0, 0.1) is 0 Å². The summed E-state index contributed by atoms with van der Waals surface area (Å²) in [6.45, 7) is 2.18. The van der Waals surface area contributed by atoms with Gasteiger partial charge in [0.1, 0.15) is 12.1 Å². The van der Waals surface area contributed by atoms with E-state index in [0.29, 0.717) is 19.0 Å². The first-order valence-corrected chi connectivity index (χ1v) is 9.38. The first kappa shape index (κ1) is 15.5. The predicted molar refractivity (Wildman–Crippen MR) is 83.5 cm³/mol. The molecule has 2 fully saturated rings. The van der Waals surface area contributed by atoms with Crippen LogP contribution in [-0.2, 0) is 10.0 Å². The van der Waals surface area contributed by atoms with Crippen molar-refractivity contribution in [2.24, 2.45) is 0 Å². The molecule has 8 heteroatoms. The molecule has 1 aromatic rings. The van der Waals surface area contributed by atoms with Gasteiger partial charge in [0.25, 0.3) is 0 Å². The lowest BCUT2D eigenvalue weighted by atomic mass is 9.87. The van der Waals surface area contributed by atoms with E-state index in [1.807, 2.05) is 0 Å². The van der Waals surface area contributed by atoms with Crippen LogP contribution >= 0.6 is 0 Å². The normalized spacial score (nSPS) is 26.5. The summed E-state index contributed by atoms with van der Waals surface area (Å²) in [5, 5.41) is 0. The molecule has 3 rings (SSSR count). The maximum Gasteiger partial charge on any atom is 0.218 e. The molecule has 22 heavy (non-hydrogen) atoms. The molecule has 0 amide bonds. The molecule has 7 nitrogen and oxygen atoms in total. The summed E-state index contributed by atoms with van der Waals surface area (Å²) in [7, 11) is -1.60. The molecule has 0 aromatic carbocycles. The molecular weight excluding hydrogens is 304 g/mol. The van der Waals surface area contributed by atoms with E-state index < -0.39 is 10.0 Å². The second kappa shape index (κ2) is 5.66. The highest BCUT2D eigenvalue weighted by Crippen LogP contribution is 2.39. The average molecular weight is 326 g/mol. The second-order valence-electron chi connectivity index (χ2n) is 6.11. The van der Waals surface area contributed by atoms with Crippen molar-refractivity contribution in [1.29, 1.82) is 0 Å². The third kappa shape index (κ3) is 2.77. The number of rotatable bonds is 3. The first-order valence-electron chi connectivity index (χ1n) is 7.53. The van der Waals surface area contributed by atoms with Crippen LogP contribution in [0.15, 0.2) is 12.4 Å². The van der Waals surface area contributed by atoms with Crippen molar-refractivity contribution < 1.29 is 13.2 Å². The van der Waals surface area contributed by atoms with Crippen molar-refractivity contribution in [3.05, 3.63) is 12.4 Å². The summed E-state index contributed by atoms with van der Waals surface area (Å²) >= 11 is 0. The summed E-state index contributed by atoms with van der Waals surface area (Å²) in [4.78, 5) is 10.5. The minimum Gasteiger partial charge on any atom is -0.481 e. The Balaban J connectivity index is 1.87. The van der Waals surface area contributed by atoms with Crippen LogP contribution in [-0.4, -0.2) is 61.2 Å². The Morgan fingerprint density at radius 1 is 1.23 bits per heavy atom. The van der Waals surface area contributed by atoms with Crippen LogP contribution in [0.3, 0.4) is 0 Å². The molecule has 0 radical (unpaired) electrons. The fraction of sp³-hybridized carbons (Fsp3) is 0.714. The van der Waals surface area contributed by atoms with Gasteiger partial charge in [-0.25, -0.2) is 18.4 Å². The van der Waals surface area contributed by atoms with Crippen molar-refractivity contribution in [2.45, 2.75) is 31.2 Å². The maximum absolute atomic E-state index is 12.1. The minimum absolute atomic E-state index is 0.288. The number of ether oxygens (including phenoxy) is 1. The van der Waals surface area contributed by atoms with Crippen molar-refractivity contribution >= 4 is 15.8 Å².